The molecule has 11 heavy (non-hydrogen) atoms. The molecule has 1 rings (SSSR count). The third kappa shape index (κ3) is 1.94. The SMILES string of the molecule is N/N=C/c1ccc(O)c(Br)c1. The largest absolute Gasteiger partial charge is 0.507 e. The first kappa shape index (κ1) is 8.07. The van der Waals surface area contributed by atoms with Gasteiger partial charge in [0.2, 0.25) is 0 Å². The third-order valence-electron chi connectivity index (χ3n) is 1.20. The molecule has 0 aromatic heterocycles. The van der Waals surface area contributed by atoms with Crippen molar-refractivity contribution in [2.75, 3.05) is 0 Å². The first-order valence-corrected chi connectivity index (χ1v) is 3.75. The molecule has 0 amide bonds. The summed E-state index contributed by atoms with van der Waals surface area (Å²) in [5.74, 6) is 5.15. The lowest BCUT2D eigenvalue weighted by atomic mass is 10.2. The first-order valence-electron chi connectivity index (χ1n) is 2.96. The van der Waals surface area contributed by atoms with E-state index in [1.165, 1.54) is 6.21 Å². The van der Waals surface area contributed by atoms with E-state index in [0.717, 1.165) is 5.56 Å². The van der Waals surface area contributed by atoms with Crippen LogP contribution < -0.4 is 5.84 Å². The molecule has 0 atom stereocenters. The van der Waals surface area contributed by atoms with Crippen molar-refractivity contribution in [2.24, 2.45) is 10.9 Å². The minimum atomic E-state index is 0.208. The van der Waals surface area contributed by atoms with Crippen molar-refractivity contribution in [1.29, 1.82) is 0 Å². The second kappa shape index (κ2) is 3.39. The van der Waals surface area contributed by atoms with Gasteiger partial charge in [-0.25, -0.2) is 0 Å². The number of rotatable bonds is 1. The van der Waals surface area contributed by atoms with Crippen LogP contribution in [0.5, 0.6) is 5.75 Å². The Hall–Kier alpha value is -1.03. The van der Waals surface area contributed by atoms with Crippen LogP contribution in [-0.2, 0) is 0 Å². The molecule has 0 bridgehead atoms. The average Bonchev–Trinajstić information content (AvgIpc) is 1.98. The number of nitrogens with zero attached hydrogens (tertiary/aromatic N) is 1. The summed E-state index contributed by atoms with van der Waals surface area (Å²) in [4.78, 5) is 0. The van der Waals surface area contributed by atoms with Crippen molar-refractivity contribution in [2.45, 2.75) is 0 Å². The molecular formula is C7H7BrN2O. The van der Waals surface area contributed by atoms with E-state index in [9.17, 15) is 0 Å². The monoisotopic (exact) mass is 214 g/mol. The van der Waals surface area contributed by atoms with Crippen LogP contribution >= 0.6 is 15.9 Å². The summed E-state index contributed by atoms with van der Waals surface area (Å²) in [5, 5.41) is 12.4. The molecule has 0 spiro atoms. The Morgan fingerprint density at radius 3 is 2.82 bits per heavy atom. The maximum atomic E-state index is 9.09. The van der Waals surface area contributed by atoms with E-state index in [2.05, 4.69) is 21.0 Å². The van der Waals surface area contributed by atoms with Crippen LogP contribution in [0.15, 0.2) is 27.8 Å². The summed E-state index contributed by atoms with van der Waals surface area (Å²) in [6.07, 6.45) is 1.50. The molecule has 3 N–H and O–H groups in total. The minimum Gasteiger partial charge on any atom is -0.507 e. The molecule has 0 saturated carbocycles. The van der Waals surface area contributed by atoms with Crippen molar-refractivity contribution in [1.82, 2.24) is 0 Å². The Balaban J connectivity index is 3.05. The number of hydrogen-bond acceptors (Lipinski definition) is 3. The zero-order valence-corrected chi connectivity index (χ0v) is 7.25. The molecule has 4 heteroatoms. The van der Waals surface area contributed by atoms with Gasteiger partial charge in [-0.15, -0.1) is 0 Å². The molecule has 0 saturated heterocycles. The van der Waals surface area contributed by atoms with Crippen LogP contribution in [0.4, 0.5) is 0 Å². The second-order valence-electron chi connectivity index (χ2n) is 1.99. The molecule has 3 nitrogen and oxygen atoms in total. The number of phenolic OH excluding ortho intramolecular Hbond substituents is 1. The molecular weight excluding hydrogens is 208 g/mol. The van der Waals surface area contributed by atoms with Gasteiger partial charge < -0.3 is 10.9 Å². The van der Waals surface area contributed by atoms with Gasteiger partial charge in [-0.05, 0) is 39.7 Å². The predicted molar refractivity (Wildman–Crippen MR) is 47.6 cm³/mol. The van der Waals surface area contributed by atoms with Crippen molar-refractivity contribution in [3.05, 3.63) is 28.2 Å². The van der Waals surface area contributed by atoms with E-state index < -0.39 is 0 Å². The van der Waals surface area contributed by atoms with Crippen LogP contribution in [-0.4, -0.2) is 11.3 Å². The fourth-order valence-corrected chi connectivity index (χ4v) is 1.09. The quantitative estimate of drug-likeness (QED) is 0.423. The Labute approximate surface area is 72.7 Å². The summed E-state index contributed by atoms with van der Waals surface area (Å²) in [6.45, 7) is 0. The van der Waals surface area contributed by atoms with Gasteiger partial charge in [-0.2, -0.15) is 5.10 Å². The summed E-state index contributed by atoms with van der Waals surface area (Å²) < 4.78 is 0.634. The molecule has 1 aromatic rings. The highest BCUT2D eigenvalue weighted by Crippen LogP contribution is 2.23. The number of aromatic hydroxyl groups is 1. The minimum absolute atomic E-state index is 0.208. The van der Waals surface area contributed by atoms with Gasteiger partial charge in [0.25, 0.3) is 0 Å². The Bertz CT molecular complexity index is 286. The first-order chi connectivity index (χ1) is 5.24. The fourth-order valence-electron chi connectivity index (χ4n) is 0.690. The average molecular weight is 215 g/mol. The van der Waals surface area contributed by atoms with Crippen LogP contribution in [0.2, 0.25) is 0 Å². The van der Waals surface area contributed by atoms with Crippen molar-refractivity contribution in [3.8, 4) is 5.75 Å². The summed E-state index contributed by atoms with van der Waals surface area (Å²) in [6, 6.07) is 5.02. The van der Waals surface area contributed by atoms with Gasteiger partial charge in [-0.1, -0.05) is 0 Å². The maximum absolute atomic E-state index is 9.09. The smallest absolute Gasteiger partial charge is 0.129 e. The molecule has 0 radical (unpaired) electrons. The standard InChI is InChI=1S/C7H7BrN2O/c8-6-3-5(4-10-9)1-2-7(6)11/h1-4,11H,9H2/b10-4+. The van der Waals surface area contributed by atoms with Crippen molar-refractivity contribution >= 4 is 22.1 Å². The van der Waals surface area contributed by atoms with E-state index in [4.69, 9.17) is 10.9 Å². The highest BCUT2D eigenvalue weighted by Gasteiger charge is 1.96. The highest BCUT2D eigenvalue weighted by atomic mass is 79.9. The van der Waals surface area contributed by atoms with Gasteiger partial charge in [0.1, 0.15) is 5.75 Å². The maximum Gasteiger partial charge on any atom is 0.129 e. The van der Waals surface area contributed by atoms with Gasteiger partial charge in [0.05, 0.1) is 10.7 Å². The summed E-state index contributed by atoms with van der Waals surface area (Å²) in [5.41, 5.74) is 0.845. The zero-order valence-electron chi connectivity index (χ0n) is 5.66. The lowest BCUT2D eigenvalue weighted by molar-refractivity contribution is 0.472. The number of phenols is 1. The molecule has 1 aromatic carbocycles. The lowest BCUT2D eigenvalue weighted by Gasteiger charge is -1.96. The fraction of sp³-hybridized carbons (Fsp3) is 0. The summed E-state index contributed by atoms with van der Waals surface area (Å²) >= 11 is 3.16. The number of nitrogens with two attached hydrogens (primary N) is 1. The molecule has 0 aliphatic carbocycles. The van der Waals surface area contributed by atoms with Crippen LogP contribution in [0.1, 0.15) is 5.56 Å². The molecule has 0 unspecified atom stereocenters. The van der Waals surface area contributed by atoms with E-state index in [0.29, 0.717) is 4.47 Å². The number of hydrogen-bond donors (Lipinski definition) is 2. The van der Waals surface area contributed by atoms with Gasteiger partial charge in [0.15, 0.2) is 0 Å². The number of hydrazone groups is 1. The highest BCUT2D eigenvalue weighted by molar-refractivity contribution is 9.10. The van der Waals surface area contributed by atoms with Gasteiger partial charge in [0, 0.05) is 0 Å². The van der Waals surface area contributed by atoms with Crippen LogP contribution in [0.25, 0.3) is 0 Å². The van der Waals surface area contributed by atoms with Crippen molar-refractivity contribution < 1.29 is 5.11 Å². The normalized spacial score (nSPS) is 10.6. The van der Waals surface area contributed by atoms with Gasteiger partial charge in [-0.3, -0.25) is 0 Å². The Morgan fingerprint density at radius 1 is 1.55 bits per heavy atom. The number of halogens is 1. The van der Waals surface area contributed by atoms with E-state index in [1.54, 1.807) is 18.2 Å². The predicted octanol–water partition coefficient (Wildman–Crippen LogP) is 1.45. The van der Waals surface area contributed by atoms with Crippen molar-refractivity contribution in [3.63, 3.8) is 0 Å². The molecule has 0 aliphatic rings. The summed E-state index contributed by atoms with van der Waals surface area (Å²) in [7, 11) is 0. The Kier molecular flexibility index (Phi) is 2.48. The van der Waals surface area contributed by atoms with Gasteiger partial charge >= 0.3 is 0 Å². The lowest BCUT2D eigenvalue weighted by Crippen LogP contribution is -1.85. The molecule has 0 aliphatic heterocycles. The van der Waals surface area contributed by atoms with Crippen LogP contribution in [0, 0.1) is 0 Å². The number of benzene rings is 1. The molecule has 0 heterocycles. The topological polar surface area (TPSA) is 58.6 Å². The van der Waals surface area contributed by atoms with E-state index >= 15 is 0 Å². The Morgan fingerprint density at radius 2 is 2.27 bits per heavy atom. The third-order valence-corrected chi connectivity index (χ3v) is 1.83. The second-order valence-corrected chi connectivity index (χ2v) is 2.84. The van der Waals surface area contributed by atoms with E-state index in [-0.39, 0.29) is 5.75 Å². The zero-order chi connectivity index (χ0) is 8.27. The van der Waals surface area contributed by atoms with E-state index in [1.807, 2.05) is 0 Å². The molecule has 0 fully saturated rings. The molecule has 58 valence electrons. The van der Waals surface area contributed by atoms with Crippen LogP contribution in [0.3, 0.4) is 0 Å².